The van der Waals surface area contributed by atoms with Crippen LogP contribution in [0.3, 0.4) is 0 Å². The first-order chi connectivity index (χ1) is 8.65. The smallest absolute Gasteiger partial charge is 0.342 e. The van der Waals surface area contributed by atoms with Crippen molar-refractivity contribution >= 4 is 5.82 Å². The zero-order valence-electron chi connectivity index (χ0n) is 10.5. The van der Waals surface area contributed by atoms with Crippen LogP contribution in [0.5, 0.6) is 0 Å². The van der Waals surface area contributed by atoms with Crippen molar-refractivity contribution in [3.8, 4) is 0 Å². The quantitative estimate of drug-likeness (QED) is 0.664. The number of nitrogens with zero attached hydrogens (tertiary/aromatic N) is 2. The molecule has 7 heteroatoms. The Hall–Kier alpha value is -1.63. The number of anilines is 1. The normalized spacial score (nSPS) is 17.8. The number of aromatic nitrogens is 3. The van der Waals surface area contributed by atoms with E-state index in [-0.39, 0.29) is 5.82 Å². The molecular weight excluding hydrogens is 234 g/mol. The second kappa shape index (κ2) is 5.81. The van der Waals surface area contributed by atoms with Crippen LogP contribution in [-0.2, 0) is 0 Å². The molecule has 0 aliphatic carbocycles. The predicted molar refractivity (Wildman–Crippen MR) is 68.8 cm³/mol. The maximum absolute atomic E-state index is 11.4. The molecule has 1 fully saturated rings. The minimum atomic E-state index is -0.587. The summed E-state index contributed by atoms with van der Waals surface area (Å²) in [7, 11) is 0. The van der Waals surface area contributed by atoms with Crippen LogP contribution in [0.25, 0.3) is 0 Å². The van der Waals surface area contributed by atoms with Crippen LogP contribution in [0.15, 0.2) is 9.59 Å². The van der Waals surface area contributed by atoms with Crippen LogP contribution < -0.4 is 16.6 Å². The Balaban J connectivity index is 1.83. The van der Waals surface area contributed by atoms with Gasteiger partial charge >= 0.3 is 5.69 Å². The molecule has 1 aliphatic rings. The van der Waals surface area contributed by atoms with Crippen LogP contribution in [0.4, 0.5) is 5.82 Å². The summed E-state index contributed by atoms with van der Waals surface area (Å²) in [5, 5.41) is 8.84. The predicted octanol–water partition coefficient (Wildman–Crippen LogP) is -0.398. The van der Waals surface area contributed by atoms with E-state index in [0.29, 0.717) is 12.5 Å². The third kappa shape index (κ3) is 3.43. The van der Waals surface area contributed by atoms with Crippen LogP contribution in [0.1, 0.15) is 19.8 Å². The van der Waals surface area contributed by atoms with Gasteiger partial charge in [0.25, 0.3) is 5.56 Å². The van der Waals surface area contributed by atoms with Crippen LogP contribution in [0, 0.1) is 5.92 Å². The Labute approximate surface area is 105 Å². The molecule has 18 heavy (non-hydrogen) atoms. The summed E-state index contributed by atoms with van der Waals surface area (Å²) in [6, 6.07) is 0. The molecule has 100 valence electrons. The van der Waals surface area contributed by atoms with Gasteiger partial charge in [-0.05, 0) is 31.8 Å². The number of H-pyrrole nitrogens is 2. The molecule has 1 aliphatic heterocycles. The summed E-state index contributed by atoms with van der Waals surface area (Å²) in [5.41, 5.74) is -1.07. The minimum absolute atomic E-state index is 0.169. The van der Waals surface area contributed by atoms with Gasteiger partial charge in [0, 0.05) is 13.1 Å². The van der Waals surface area contributed by atoms with Gasteiger partial charge < -0.3 is 10.2 Å². The molecule has 1 unspecified atom stereocenters. The average Bonchev–Trinajstić information content (AvgIpc) is 2.80. The molecule has 7 nitrogen and oxygen atoms in total. The molecular formula is C11H19N5O2. The highest BCUT2D eigenvalue weighted by Gasteiger charge is 2.14. The van der Waals surface area contributed by atoms with E-state index in [1.807, 2.05) is 0 Å². The van der Waals surface area contributed by atoms with Gasteiger partial charge in [-0.3, -0.25) is 9.78 Å². The van der Waals surface area contributed by atoms with E-state index in [0.717, 1.165) is 6.54 Å². The van der Waals surface area contributed by atoms with Crippen molar-refractivity contribution in [2.45, 2.75) is 19.8 Å². The Morgan fingerprint density at radius 3 is 2.78 bits per heavy atom. The van der Waals surface area contributed by atoms with Crippen molar-refractivity contribution < 1.29 is 0 Å². The number of aromatic amines is 2. The fourth-order valence-electron chi connectivity index (χ4n) is 2.21. The third-order valence-corrected chi connectivity index (χ3v) is 3.10. The molecule has 0 radical (unpaired) electrons. The SMILES string of the molecule is CC(CNc1n[nH]c(=O)[nH]c1=O)CN1CCCC1. The topological polar surface area (TPSA) is 93.9 Å². The molecule has 1 aromatic rings. The first kappa shape index (κ1) is 12.8. The number of rotatable bonds is 5. The lowest BCUT2D eigenvalue weighted by atomic mass is 10.1. The fraction of sp³-hybridized carbons (Fsp3) is 0.727. The first-order valence-electron chi connectivity index (χ1n) is 6.30. The molecule has 0 amide bonds. The van der Waals surface area contributed by atoms with Crippen molar-refractivity contribution in [3.05, 3.63) is 20.8 Å². The standard InChI is InChI=1S/C11H19N5O2/c1-8(7-16-4-2-3-5-16)6-12-9-10(17)13-11(18)15-14-9/h8H,2-7H2,1H3,(H,12,14)(H2,13,15,17,18). The molecule has 0 saturated carbocycles. The maximum Gasteiger partial charge on any atom is 0.342 e. The molecule has 1 atom stereocenters. The second-order valence-electron chi connectivity index (χ2n) is 4.85. The van der Waals surface area contributed by atoms with Gasteiger partial charge in [-0.1, -0.05) is 6.92 Å². The van der Waals surface area contributed by atoms with E-state index in [1.165, 1.54) is 25.9 Å². The summed E-state index contributed by atoms with van der Waals surface area (Å²) in [5.74, 6) is 0.596. The Kier molecular flexibility index (Phi) is 4.14. The van der Waals surface area contributed by atoms with Crippen molar-refractivity contribution in [2.75, 3.05) is 31.5 Å². The summed E-state index contributed by atoms with van der Waals surface area (Å²) in [6.45, 7) is 6.15. The maximum atomic E-state index is 11.4. The molecule has 2 heterocycles. The number of nitrogens with one attached hydrogen (secondary N) is 3. The largest absolute Gasteiger partial charge is 0.364 e. The Morgan fingerprint density at radius 2 is 2.11 bits per heavy atom. The zero-order chi connectivity index (χ0) is 13.0. The molecule has 1 aromatic heterocycles. The van der Waals surface area contributed by atoms with Gasteiger partial charge in [-0.2, -0.15) is 0 Å². The molecule has 0 aromatic carbocycles. The molecule has 0 bridgehead atoms. The highest BCUT2D eigenvalue weighted by atomic mass is 16.2. The van der Waals surface area contributed by atoms with Crippen molar-refractivity contribution in [1.82, 2.24) is 20.1 Å². The van der Waals surface area contributed by atoms with E-state index < -0.39 is 11.2 Å². The Morgan fingerprint density at radius 1 is 1.39 bits per heavy atom. The fourth-order valence-corrected chi connectivity index (χ4v) is 2.21. The molecule has 0 spiro atoms. The first-order valence-corrected chi connectivity index (χ1v) is 6.30. The molecule has 3 N–H and O–H groups in total. The summed E-state index contributed by atoms with van der Waals surface area (Å²) < 4.78 is 0. The summed E-state index contributed by atoms with van der Waals surface area (Å²) in [4.78, 5) is 26.7. The number of hydrogen-bond acceptors (Lipinski definition) is 5. The summed E-state index contributed by atoms with van der Waals surface area (Å²) >= 11 is 0. The van der Waals surface area contributed by atoms with E-state index in [4.69, 9.17) is 0 Å². The Bertz CT molecular complexity index is 489. The third-order valence-electron chi connectivity index (χ3n) is 3.10. The number of likely N-dealkylation sites (tertiary alicyclic amines) is 1. The summed E-state index contributed by atoms with van der Waals surface area (Å²) in [6.07, 6.45) is 2.56. The minimum Gasteiger partial charge on any atom is -0.364 e. The van der Waals surface area contributed by atoms with Gasteiger partial charge in [-0.25, -0.2) is 9.89 Å². The van der Waals surface area contributed by atoms with Gasteiger partial charge in [-0.15, -0.1) is 5.10 Å². The van der Waals surface area contributed by atoms with Crippen LogP contribution >= 0.6 is 0 Å². The van der Waals surface area contributed by atoms with E-state index in [1.54, 1.807) is 0 Å². The number of hydrogen-bond donors (Lipinski definition) is 3. The lowest BCUT2D eigenvalue weighted by Gasteiger charge is -2.20. The molecule has 1 saturated heterocycles. The monoisotopic (exact) mass is 253 g/mol. The van der Waals surface area contributed by atoms with Gasteiger partial charge in [0.2, 0.25) is 5.82 Å². The lowest BCUT2D eigenvalue weighted by Crippen LogP contribution is -2.31. The highest BCUT2D eigenvalue weighted by Crippen LogP contribution is 2.10. The zero-order valence-corrected chi connectivity index (χ0v) is 10.5. The average molecular weight is 253 g/mol. The van der Waals surface area contributed by atoms with E-state index in [2.05, 4.69) is 32.3 Å². The van der Waals surface area contributed by atoms with Crippen molar-refractivity contribution in [2.24, 2.45) is 5.92 Å². The lowest BCUT2D eigenvalue weighted by molar-refractivity contribution is 0.294. The van der Waals surface area contributed by atoms with E-state index in [9.17, 15) is 9.59 Å². The molecule has 2 rings (SSSR count). The van der Waals surface area contributed by atoms with E-state index >= 15 is 0 Å². The van der Waals surface area contributed by atoms with Gasteiger partial charge in [0.1, 0.15) is 0 Å². The van der Waals surface area contributed by atoms with Crippen LogP contribution in [-0.4, -0.2) is 46.3 Å². The second-order valence-corrected chi connectivity index (χ2v) is 4.85. The van der Waals surface area contributed by atoms with Crippen molar-refractivity contribution in [3.63, 3.8) is 0 Å². The van der Waals surface area contributed by atoms with Gasteiger partial charge in [0.05, 0.1) is 0 Å². The van der Waals surface area contributed by atoms with Crippen LogP contribution in [0.2, 0.25) is 0 Å². The highest BCUT2D eigenvalue weighted by molar-refractivity contribution is 5.28. The van der Waals surface area contributed by atoms with Gasteiger partial charge in [0.15, 0.2) is 0 Å². The van der Waals surface area contributed by atoms with Crippen molar-refractivity contribution in [1.29, 1.82) is 0 Å².